The normalized spacial score (nSPS) is 20.6. The lowest BCUT2D eigenvalue weighted by Gasteiger charge is -2.26. The maximum Gasteiger partial charge on any atom is 0.191 e. The molecule has 31 heavy (non-hydrogen) atoms. The molecule has 2 unspecified atom stereocenters. The van der Waals surface area contributed by atoms with E-state index < -0.39 is 0 Å². The summed E-state index contributed by atoms with van der Waals surface area (Å²) in [7, 11) is 1.81. The molecule has 1 fully saturated rings. The van der Waals surface area contributed by atoms with E-state index in [4.69, 9.17) is 14.2 Å². The van der Waals surface area contributed by atoms with Crippen LogP contribution < -0.4 is 20.1 Å². The van der Waals surface area contributed by atoms with Crippen LogP contribution >= 0.6 is 0 Å². The second-order valence-electron chi connectivity index (χ2n) is 8.33. The van der Waals surface area contributed by atoms with Crippen molar-refractivity contribution < 1.29 is 14.2 Å². The lowest BCUT2D eigenvalue weighted by atomic mass is 9.93. The molecule has 0 amide bonds. The highest BCUT2D eigenvalue weighted by Gasteiger charge is 2.21. The molecule has 2 aliphatic rings. The summed E-state index contributed by atoms with van der Waals surface area (Å²) in [6, 6.07) is 14.7. The molecule has 2 aromatic carbocycles. The van der Waals surface area contributed by atoms with Crippen LogP contribution in [0.1, 0.15) is 35.4 Å². The fourth-order valence-corrected chi connectivity index (χ4v) is 4.11. The summed E-state index contributed by atoms with van der Waals surface area (Å²) in [5, 5.41) is 6.92. The van der Waals surface area contributed by atoms with E-state index in [-0.39, 0.29) is 0 Å². The van der Waals surface area contributed by atoms with Crippen LogP contribution in [0.2, 0.25) is 0 Å². The minimum atomic E-state index is 0.412. The molecule has 0 spiro atoms. The largest absolute Gasteiger partial charge is 0.493 e. The molecule has 2 aromatic rings. The lowest BCUT2D eigenvalue weighted by Crippen LogP contribution is -2.39. The Morgan fingerprint density at radius 2 is 2.03 bits per heavy atom. The van der Waals surface area contributed by atoms with Crippen molar-refractivity contribution in [2.75, 3.05) is 40.0 Å². The van der Waals surface area contributed by atoms with Crippen LogP contribution in [0.4, 0.5) is 0 Å². The Kier molecular flexibility index (Phi) is 7.30. The van der Waals surface area contributed by atoms with Gasteiger partial charge >= 0.3 is 0 Å². The third kappa shape index (κ3) is 5.70. The minimum Gasteiger partial charge on any atom is -0.493 e. The summed E-state index contributed by atoms with van der Waals surface area (Å²) in [5.41, 5.74) is 3.59. The first-order chi connectivity index (χ1) is 15.2. The summed E-state index contributed by atoms with van der Waals surface area (Å²) >= 11 is 0. The predicted octanol–water partition coefficient (Wildman–Crippen LogP) is 3.64. The first-order valence-corrected chi connectivity index (χ1v) is 11.2. The molecule has 6 heteroatoms. The predicted molar refractivity (Wildman–Crippen MR) is 123 cm³/mol. The van der Waals surface area contributed by atoms with Gasteiger partial charge in [0.2, 0.25) is 0 Å². The molecule has 0 radical (unpaired) electrons. The number of benzene rings is 2. The van der Waals surface area contributed by atoms with Crippen molar-refractivity contribution in [1.29, 1.82) is 0 Å². The molecule has 2 aliphatic heterocycles. The highest BCUT2D eigenvalue weighted by atomic mass is 16.5. The van der Waals surface area contributed by atoms with Gasteiger partial charge in [-0.3, -0.25) is 4.99 Å². The van der Waals surface area contributed by atoms with Gasteiger partial charge in [-0.2, -0.15) is 0 Å². The molecule has 4 rings (SSSR count). The molecular formula is C25H33N3O3. The number of hydrogen-bond donors (Lipinski definition) is 2. The topological polar surface area (TPSA) is 64.1 Å². The number of rotatable bonds is 7. The van der Waals surface area contributed by atoms with Gasteiger partial charge < -0.3 is 24.8 Å². The van der Waals surface area contributed by atoms with Crippen molar-refractivity contribution in [3.63, 3.8) is 0 Å². The van der Waals surface area contributed by atoms with Crippen LogP contribution in [0.3, 0.4) is 0 Å². The number of ether oxygens (including phenoxy) is 3. The number of guanidine groups is 1. The van der Waals surface area contributed by atoms with Crippen LogP contribution in [0.5, 0.6) is 11.5 Å². The van der Waals surface area contributed by atoms with E-state index in [0.29, 0.717) is 25.0 Å². The van der Waals surface area contributed by atoms with Gasteiger partial charge in [-0.1, -0.05) is 30.3 Å². The first-order valence-electron chi connectivity index (χ1n) is 11.2. The van der Waals surface area contributed by atoms with E-state index in [1.807, 2.05) is 12.1 Å². The summed E-state index contributed by atoms with van der Waals surface area (Å²) in [5.74, 6) is 3.62. The summed E-state index contributed by atoms with van der Waals surface area (Å²) in [4.78, 5) is 4.41. The Morgan fingerprint density at radius 1 is 1.13 bits per heavy atom. The van der Waals surface area contributed by atoms with Crippen LogP contribution in [0, 0.1) is 12.8 Å². The van der Waals surface area contributed by atoms with E-state index in [2.05, 4.69) is 52.9 Å². The number of aliphatic imine (C=N–C) groups is 1. The van der Waals surface area contributed by atoms with Gasteiger partial charge in [0.1, 0.15) is 11.5 Å². The fraction of sp³-hybridized carbons (Fsp3) is 0.480. The molecule has 2 atom stereocenters. The van der Waals surface area contributed by atoms with Gasteiger partial charge in [0.25, 0.3) is 0 Å². The zero-order chi connectivity index (χ0) is 21.5. The van der Waals surface area contributed by atoms with Gasteiger partial charge in [0, 0.05) is 44.1 Å². The number of fused-ring (bicyclic) bond motifs is 1. The number of aryl methyl sites for hydroxylation is 1. The van der Waals surface area contributed by atoms with Crippen molar-refractivity contribution in [3.05, 3.63) is 59.2 Å². The van der Waals surface area contributed by atoms with Crippen molar-refractivity contribution in [2.45, 2.75) is 32.2 Å². The van der Waals surface area contributed by atoms with Gasteiger partial charge in [-0.05, 0) is 43.0 Å². The fourth-order valence-electron chi connectivity index (χ4n) is 4.11. The monoisotopic (exact) mass is 423 g/mol. The molecule has 0 saturated carbocycles. The zero-order valence-corrected chi connectivity index (χ0v) is 18.5. The number of nitrogens with zero attached hydrogens (tertiary/aromatic N) is 1. The van der Waals surface area contributed by atoms with Crippen LogP contribution in [-0.2, 0) is 11.3 Å². The molecule has 2 N–H and O–H groups in total. The second kappa shape index (κ2) is 10.5. The average molecular weight is 424 g/mol. The SMILES string of the molecule is CN=C(NCc1ccc(C)cc1OCC1CCOC1)NCC1CCOc2ccccc21. The Balaban J connectivity index is 1.32. The minimum absolute atomic E-state index is 0.412. The second-order valence-corrected chi connectivity index (χ2v) is 8.33. The van der Waals surface area contributed by atoms with Crippen molar-refractivity contribution in [3.8, 4) is 11.5 Å². The Labute approximate surface area is 185 Å². The molecule has 0 bridgehead atoms. The van der Waals surface area contributed by atoms with E-state index in [1.54, 1.807) is 7.05 Å². The van der Waals surface area contributed by atoms with Crippen LogP contribution in [0.25, 0.3) is 0 Å². The summed E-state index contributed by atoms with van der Waals surface area (Å²) in [6.45, 7) is 6.66. The van der Waals surface area contributed by atoms with E-state index >= 15 is 0 Å². The van der Waals surface area contributed by atoms with Gasteiger partial charge in [0.15, 0.2) is 5.96 Å². The number of para-hydroxylation sites is 1. The Hall–Kier alpha value is -2.73. The highest BCUT2D eigenvalue weighted by Crippen LogP contribution is 2.32. The third-order valence-corrected chi connectivity index (χ3v) is 5.99. The third-order valence-electron chi connectivity index (χ3n) is 5.99. The molecule has 166 valence electrons. The van der Waals surface area contributed by atoms with Crippen molar-refractivity contribution in [2.24, 2.45) is 10.9 Å². The molecule has 0 aliphatic carbocycles. The maximum absolute atomic E-state index is 6.17. The van der Waals surface area contributed by atoms with Crippen LogP contribution in [0.15, 0.2) is 47.5 Å². The van der Waals surface area contributed by atoms with Gasteiger partial charge in [-0.15, -0.1) is 0 Å². The van der Waals surface area contributed by atoms with Gasteiger partial charge in [-0.25, -0.2) is 0 Å². The molecule has 1 saturated heterocycles. The highest BCUT2D eigenvalue weighted by molar-refractivity contribution is 5.79. The van der Waals surface area contributed by atoms with Gasteiger partial charge in [0.05, 0.1) is 19.8 Å². The Bertz CT molecular complexity index is 893. The molecule has 0 aromatic heterocycles. The Morgan fingerprint density at radius 3 is 2.87 bits per heavy atom. The molecule has 2 heterocycles. The average Bonchev–Trinajstić information content (AvgIpc) is 3.32. The van der Waals surface area contributed by atoms with E-state index in [1.165, 1.54) is 11.1 Å². The smallest absolute Gasteiger partial charge is 0.191 e. The quantitative estimate of drug-likeness (QED) is 0.526. The summed E-state index contributed by atoms with van der Waals surface area (Å²) < 4.78 is 17.4. The lowest BCUT2D eigenvalue weighted by molar-refractivity contribution is 0.166. The maximum atomic E-state index is 6.17. The first kappa shape index (κ1) is 21.5. The van der Waals surface area contributed by atoms with Crippen molar-refractivity contribution >= 4 is 5.96 Å². The zero-order valence-electron chi connectivity index (χ0n) is 18.5. The molecular weight excluding hydrogens is 390 g/mol. The molecule has 6 nitrogen and oxygen atoms in total. The number of nitrogens with one attached hydrogen (secondary N) is 2. The standard InChI is InChI=1S/C25H33N3O3/c1-18-7-8-21(24(13-18)31-17-19-9-11-29-16-19)15-28-25(26-2)27-14-20-10-12-30-23-6-4-3-5-22(20)23/h3-8,13,19-20H,9-12,14-17H2,1-2H3,(H2,26,27,28). The van der Waals surface area contributed by atoms with Crippen LogP contribution in [-0.4, -0.2) is 46.0 Å². The van der Waals surface area contributed by atoms with E-state index in [0.717, 1.165) is 62.2 Å². The summed E-state index contributed by atoms with van der Waals surface area (Å²) in [6.07, 6.45) is 2.08. The number of hydrogen-bond acceptors (Lipinski definition) is 4. The van der Waals surface area contributed by atoms with E-state index in [9.17, 15) is 0 Å². The van der Waals surface area contributed by atoms with Crippen molar-refractivity contribution in [1.82, 2.24) is 10.6 Å².